The molecule has 0 saturated heterocycles. The Morgan fingerprint density at radius 2 is 1.94 bits per heavy atom. The zero-order valence-electron chi connectivity index (χ0n) is 11.1. The van der Waals surface area contributed by atoms with Crippen LogP contribution in [0.2, 0.25) is 0 Å². The van der Waals surface area contributed by atoms with Gasteiger partial charge in [-0.2, -0.15) is 5.26 Å². The second-order valence-electron chi connectivity index (χ2n) is 4.17. The van der Waals surface area contributed by atoms with Crippen molar-refractivity contribution < 1.29 is 9.47 Å². The largest absolute Gasteiger partial charge is 0.497 e. The number of hydrogen-bond acceptors (Lipinski definition) is 3. The van der Waals surface area contributed by atoms with Crippen LogP contribution in [0.3, 0.4) is 0 Å². The molecule has 96 valence electrons. The molecule has 18 heavy (non-hydrogen) atoms. The minimum absolute atomic E-state index is 0.0354. The van der Waals surface area contributed by atoms with Gasteiger partial charge in [-0.05, 0) is 23.6 Å². The summed E-state index contributed by atoms with van der Waals surface area (Å²) in [6.45, 7) is 2.01. The second-order valence-corrected chi connectivity index (χ2v) is 4.17. The lowest BCUT2D eigenvalue weighted by atomic mass is 10.0. The smallest absolute Gasteiger partial charge is 0.118 e. The summed E-state index contributed by atoms with van der Waals surface area (Å²) in [7, 11) is 3.31. The first-order chi connectivity index (χ1) is 8.71. The van der Waals surface area contributed by atoms with E-state index in [0.717, 1.165) is 11.3 Å². The van der Waals surface area contributed by atoms with Crippen LogP contribution in [0.4, 0.5) is 0 Å². The summed E-state index contributed by atoms with van der Waals surface area (Å²) in [5.41, 5.74) is 1.09. The Hall–Kier alpha value is -1.79. The molecule has 0 spiro atoms. The van der Waals surface area contributed by atoms with Crippen LogP contribution in [0, 0.1) is 17.2 Å². The van der Waals surface area contributed by atoms with E-state index in [-0.39, 0.29) is 12.0 Å². The van der Waals surface area contributed by atoms with Gasteiger partial charge in [-0.15, -0.1) is 0 Å². The number of rotatable bonds is 6. The molecule has 0 amide bonds. The lowest BCUT2D eigenvalue weighted by Gasteiger charge is -2.16. The fourth-order valence-corrected chi connectivity index (χ4v) is 1.68. The number of benzene rings is 1. The van der Waals surface area contributed by atoms with Gasteiger partial charge in [-0.25, -0.2) is 0 Å². The molecule has 0 aromatic heterocycles. The van der Waals surface area contributed by atoms with Crippen LogP contribution < -0.4 is 4.74 Å². The van der Waals surface area contributed by atoms with Gasteiger partial charge < -0.3 is 9.47 Å². The van der Waals surface area contributed by atoms with Gasteiger partial charge in [-0.1, -0.05) is 31.2 Å². The maximum atomic E-state index is 8.68. The van der Waals surface area contributed by atoms with E-state index in [1.54, 1.807) is 14.2 Å². The van der Waals surface area contributed by atoms with Crippen molar-refractivity contribution >= 4 is 6.08 Å². The van der Waals surface area contributed by atoms with Crippen LogP contribution in [-0.2, 0) is 4.74 Å². The Kier molecular flexibility index (Phi) is 5.96. The summed E-state index contributed by atoms with van der Waals surface area (Å²) in [5, 5.41) is 8.68. The molecule has 0 N–H and O–H groups in total. The molecular weight excluding hydrogens is 226 g/mol. The minimum Gasteiger partial charge on any atom is -0.497 e. The molecule has 3 nitrogen and oxygen atoms in total. The molecule has 0 fully saturated rings. The molecule has 0 bridgehead atoms. The maximum absolute atomic E-state index is 8.68. The first kappa shape index (κ1) is 14.3. The van der Waals surface area contributed by atoms with Gasteiger partial charge in [0.15, 0.2) is 0 Å². The van der Waals surface area contributed by atoms with Crippen molar-refractivity contribution in [1.29, 1.82) is 5.26 Å². The second kappa shape index (κ2) is 7.52. The van der Waals surface area contributed by atoms with E-state index in [0.29, 0.717) is 6.42 Å². The molecule has 0 aliphatic heterocycles. The Morgan fingerprint density at radius 1 is 1.28 bits per heavy atom. The summed E-state index contributed by atoms with van der Waals surface area (Å²) >= 11 is 0. The Morgan fingerprint density at radius 3 is 2.44 bits per heavy atom. The molecule has 0 saturated carbocycles. The normalized spacial score (nSPS) is 14.1. The van der Waals surface area contributed by atoms with Crippen molar-refractivity contribution in [1.82, 2.24) is 0 Å². The van der Waals surface area contributed by atoms with E-state index >= 15 is 0 Å². The van der Waals surface area contributed by atoms with E-state index in [1.165, 1.54) is 0 Å². The summed E-state index contributed by atoms with van der Waals surface area (Å²) in [4.78, 5) is 0. The molecule has 0 unspecified atom stereocenters. The fraction of sp³-hybridized carbons (Fsp3) is 0.400. The highest BCUT2D eigenvalue weighted by atomic mass is 16.5. The molecule has 3 heteroatoms. The number of nitriles is 1. The van der Waals surface area contributed by atoms with Gasteiger partial charge >= 0.3 is 0 Å². The predicted molar refractivity (Wildman–Crippen MR) is 72.2 cm³/mol. The fourth-order valence-electron chi connectivity index (χ4n) is 1.68. The van der Waals surface area contributed by atoms with E-state index in [1.807, 2.05) is 43.3 Å². The Labute approximate surface area is 109 Å². The van der Waals surface area contributed by atoms with Crippen molar-refractivity contribution in [2.75, 3.05) is 14.2 Å². The van der Waals surface area contributed by atoms with Crippen LogP contribution in [0.25, 0.3) is 6.08 Å². The third-order valence-corrected chi connectivity index (χ3v) is 2.84. The molecule has 0 heterocycles. The van der Waals surface area contributed by atoms with Gasteiger partial charge in [0.1, 0.15) is 5.75 Å². The SMILES string of the molecule is COc1ccc(/C=C\[C@H](OC)[C@@H](C)CC#N)cc1. The molecule has 1 aromatic rings. The highest BCUT2D eigenvalue weighted by molar-refractivity contribution is 5.51. The standard InChI is InChI=1S/C15H19NO2/c1-12(10-11-16)15(18-3)9-6-13-4-7-14(17-2)8-5-13/h4-9,12,15H,10H2,1-3H3/b9-6-/t12-,15-/m0/s1. The first-order valence-corrected chi connectivity index (χ1v) is 5.93. The van der Waals surface area contributed by atoms with Gasteiger partial charge in [-0.3, -0.25) is 0 Å². The van der Waals surface area contributed by atoms with Gasteiger partial charge in [0.05, 0.1) is 19.3 Å². The topological polar surface area (TPSA) is 42.2 Å². The van der Waals surface area contributed by atoms with Crippen LogP contribution in [0.15, 0.2) is 30.3 Å². The average Bonchev–Trinajstić information content (AvgIpc) is 2.40. The summed E-state index contributed by atoms with van der Waals surface area (Å²) in [6.07, 6.45) is 4.45. The van der Waals surface area contributed by atoms with Crippen molar-refractivity contribution in [3.8, 4) is 11.8 Å². The number of ether oxygens (including phenoxy) is 2. The predicted octanol–water partition coefficient (Wildman–Crippen LogP) is 3.27. The molecule has 0 aliphatic rings. The third-order valence-electron chi connectivity index (χ3n) is 2.84. The van der Waals surface area contributed by atoms with Crippen LogP contribution in [0.1, 0.15) is 18.9 Å². The molecule has 1 rings (SSSR count). The van der Waals surface area contributed by atoms with Gasteiger partial charge in [0, 0.05) is 13.5 Å². The van der Waals surface area contributed by atoms with E-state index in [4.69, 9.17) is 14.7 Å². The van der Waals surface area contributed by atoms with Crippen LogP contribution in [0.5, 0.6) is 5.75 Å². The number of hydrogen-bond donors (Lipinski definition) is 0. The monoisotopic (exact) mass is 245 g/mol. The van der Waals surface area contributed by atoms with Crippen molar-refractivity contribution in [3.63, 3.8) is 0 Å². The molecule has 2 atom stereocenters. The lowest BCUT2D eigenvalue weighted by molar-refractivity contribution is 0.0988. The van der Waals surface area contributed by atoms with Crippen molar-refractivity contribution in [2.45, 2.75) is 19.4 Å². The Balaban J connectivity index is 2.68. The number of methoxy groups -OCH3 is 2. The molecule has 0 radical (unpaired) electrons. The highest BCUT2D eigenvalue weighted by Gasteiger charge is 2.12. The van der Waals surface area contributed by atoms with Crippen LogP contribution in [-0.4, -0.2) is 20.3 Å². The third kappa shape index (κ3) is 4.23. The lowest BCUT2D eigenvalue weighted by Crippen LogP contribution is -2.17. The molecule has 1 aromatic carbocycles. The van der Waals surface area contributed by atoms with Gasteiger partial charge in [0.2, 0.25) is 0 Å². The van der Waals surface area contributed by atoms with E-state index < -0.39 is 0 Å². The molecular formula is C15H19NO2. The van der Waals surface area contributed by atoms with Gasteiger partial charge in [0.25, 0.3) is 0 Å². The summed E-state index contributed by atoms with van der Waals surface area (Å²) < 4.78 is 10.5. The highest BCUT2D eigenvalue weighted by Crippen LogP contribution is 2.16. The first-order valence-electron chi connectivity index (χ1n) is 5.93. The zero-order chi connectivity index (χ0) is 13.4. The maximum Gasteiger partial charge on any atom is 0.118 e. The zero-order valence-corrected chi connectivity index (χ0v) is 11.1. The van der Waals surface area contributed by atoms with Crippen molar-refractivity contribution in [2.24, 2.45) is 5.92 Å². The Bertz CT molecular complexity index is 417. The summed E-state index contributed by atoms with van der Waals surface area (Å²) in [6, 6.07) is 9.97. The van der Waals surface area contributed by atoms with E-state index in [9.17, 15) is 0 Å². The number of nitrogens with zero attached hydrogens (tertiary/aromatic N) is 1. The minimum atomic E-state index is -0.0354. The van der Waals surface area contributed by atoms with Crippen LogP contribution >= 0.6 is 0 Å². The quantitative estimate of drug-likeness (QED) is 0.772. The van der Waals surface area contributed by atoms with Crippen molar-refractivity contribution in [3.05, 3.63) is 35.9 Å². The molecule has 0 aliphatic carbocycles. The average molecular weight is 245 g/mol. The van der Waals surface area contributed by atoms with E-state index in [2.05, 4.69) is 6.07 Å². The summed E-state index contributed by atoms with van der Waals surface area (Å²) in [5.74, 6) is 1.03.